The Labute approximate surface area is 163 Å². The molecule has 1 atom stereocenters. The predicted molar refractivity (Wildman–Crippen MR) is 106 cm³/mol. The largest absolute Gasteiger partial charge is 0.348 e. The Balaban J connectivity index is 1.94. The molecule has 0 saturated carbocycles. The van der Waals surface area contributed by atoms with Gasteiger partial charge in [0.15, 0.2) is 0 Å². The Bertz CT molecular complexity index is 824. The average molecular weight is 383 g/mol. The Morgan fingerprint density at radius 2 is 1.82 bits per heavy atom. The first kappa shape index (κ1) is 21.0. The second-order valence-corrected chi connectivity index (χ2v) is 6.63. The van der Waals surface area contributed by atoms with Crippen LogP contribution in [0.2, 0.25) is 0 Å². The number of para-hydroxylation sites is 1. The molecule has 0 spiro atoms. The highest BCUT2D eigenvalue weighted by Crippen LogP contribution is 2.15. The number of nitrogens with zero attached hydrogens (tertiary/aromatic N) is 1. The van der Waals surface area contributed by atoms with E-state index in [1.54, 1.807) is 42.7 Å². The third-order valence-corrected chi connectivity index (χ3v) is 4.07. The second kappa shape index (κ2) is 10.2. The van der Waals surface area contributed by atoms with Crippen molar-refractivity contribution >= 4 is 23.4 Å². The van der Waals surface area contributed by atoms with Gasteiger partial charge >= 0.3 is 0 Å². The van der Waals surface area contributed by atoms with Gasteiger partial charge in [0, 0.05) is 18.9 Å². The molecule has 0 saturated heterocycles. The van der Waals surface area contributed by atoms with Crippen LogP contribution in [0.4, 0.5) is 5.69 Å². The molecule has 0 aliphatic rings. The van der Waals surface area contributed by atoms with Gasteiger partial charge in [0.25, 0.3) is 5.91 Å². The molecular weight excluding hydrogens is 358 g/mol. The number of pyridine rings is 1. The maximum Gasteiger partial charge on any atom is 0.253 e. The summed E-state index contributed by atoms with van der Waals surface area (Å²) in [5.74, 6) is -1.21. The van der Waals surface area contributed by atoms with Crippen LogP contribution in [0.3, 0.4) is 0 Å². The number of carbonyl (C=O) groups is 3. The fraction of sp³-hybridized carbons (Fsp3) is 0.300. The van der Waals surface area contributed by atoms with Crippen LogP contribution in [0.25, 0.3) is 0 Å². The second-order valence-electron chi connectivity index (χ2n) is 6.63. The lowest BCUT2D eigenvalue weighted by Gasteiger charge is -2.15. The lowest BCUT2D eigenvalue weighted by molar-refractivity contribution is -0.125. The minimum absolute atomic E-state index is 0.0349. The highest BCUT2D eigenvalue weighted by atomic mass is 16.2. The summed E-state index contributed by atoms with van der Waals surface area (Å²) in [7, 11) is 0. The normalized spacial score (nSPS) is 11.6. The zero-order chi connectivity index (χ0) is 20.5. The van der Waals surface area contributed by atoms with Crippen molar-refractivity contribution in [1.82, 2.24) is 15.6 Å². The van der Waals surface area contributed by atoms with Gasteiger partial charge in [-0.1, -0.05) is 32.0 Å². The van der Waals surface area contributed by atoms with Gasteiger partial charge < -0.3 is 21.7 Å². The Morgan fingerprint density at radius 1 is 1.07 bits per heavy atom. The minimum Gasteiger partial charge on any atom is -0.348 e. The van der Waals surface area contributed by atoms with Gasteiger partial charge in [-0.15, -0.1) is 0 Å². The Kier molecular flexibility index (Phi) is 7.65. The number of benzene rings is 1. The number of rotatable bonds is 8. The fourth-order valence-electron chi connectivity index (χ4n) is 2.35. The molecule has 2 aromatic rings. The van der Waals surface area contributed by atoms with E-state index in [0.717, 1.165) is 5.56 Å². The third-order valence-electron chi connectivity index (χ3n) is 4.07. The first-order valence-electron chi connectivity index (χ1n) is 8.97. The number of amides is 3. The van der Waals surface area contributed by atoms with Gasteiger partial charge in [-0.2, -0.15) is 0 Å². The molecule has 1 aromatic heterocycles. The molecule has 0 radical (unpaired) electrons. The molecule has 28 heavy (non-hydrogen) atoms. The lowest BCUT2D eigenvalue weighted by atomic mass is 10.1. The predicted octanol–water partition coefficient (Wildman–Crippen LogP) is 1.05. The average Bonchev–Trinajstić information content (AvgIpc) is 2.70. The molecule has 8 nitrogen and oxygen atoms in total. The maximum atomic E-state index is 12.5. The molecule has 0 bridgehead atoms. The van der Waals surface area contributed by atoms with Crippen LogP contribution in [-0.4, -0.2) is 35.3 Å². The molecule has 1 heterocycles. The smallest absolute Gasteiger partial charge is 0.253 e. The number of hydrogen-bond donors (Lipinski definition) is 4. The Morgan fingerprint density at radius 3 is 2.50 bits per heavy atom. The summed E-state index contributed by atoms with van der Waals surface area (Å²) in [6.07, 6.45) is 3.32. The number of nitrogens with two attached hydrogens (primary N) is 1. The monoisotopic (exact) mass is 383 g/mol. The van der Waals surface area contributed by atoms with Crippen LogP contribution in [0.15, 0.2) is 48.8 Å². The molecule has 8 heteroatoms. The fourth-order valence-corrected chi connectivity index (χ4v) is 2.35. The highest BCUT2D eigenvalue weighted by molar-refractivity contribution is 6.04. The number of aromatic nitrogens is 1. The molecule has 0 aliphatic carbocycles. The van der Waals surface area contributed by atoms with E-state index in [2.05, 4.69) is 20.9 Å². The molecule has 5 N–H and O–H groups in total. The summed E-state index contributed by atoms with van der Waals surface area (Å²) in [5, 5.41) is 7.93. The minimum atomic E-state index is -0.682. The van der Waals surface area contributed by atoms with Crippen LogP contribution >= 0.6 is 0 Å². The molecule has 1 aromatic carbocycles. The van der Waals surface area contributed by atoms with E-state index in [4.69, 9.17) is 5.73 Å². The van der Waals surface area contributed by atoms with Gasteiger partial charge in [-0.05, 0) is 29.7 Å². The van der Waals surface area contributed by atoms with E-state index in [9.17, 15) is 14.4 Å². The quantitative estimate of drug-likeness (QED) is 0.542. The van der Waals surface area contributed by atoms with E-state index in [-0.39, 0.29) is 18.4 Å². The summed E-state index contributed by atoms with van der Waals surface area (Å²) in [6.45, 7) is 3.73. The summed E-state index contributed by atoms with van der Waals surface area (Å²) >= 11 is 0. The van der Waals surface area contributed by atoms with Crippen LogP contribution in [0, 0.1) is 5.92 Å². The Hall–Kier alpha value is -3.26. The summed E-state index contributed by atoms with van der Waals surface area (Å²) in [4.78, 5) is 40.5. The van der Waals surface area contributed by atoms with Gasteiger partial charge in [0.05, 0.1) is 23.8 Å². The molecular formula is C20H25N5O3. The van der Waals surface area contributed by atoms with Gasteiger partial charge in [0.1, 0.15) is 0 Å². The molecule has 0 fully saturated rings. The molecule has 3 amide bonds. The van der Waals surface area contributed by atoms with Crippen molar-refractivity contribution in [1.29, 1.82) is 0 Å². The molecule has 148 valence electrons. The topological polar surface area (TPSA) is 126 Å². The van der Waals surface area contributed by atoms with Crippen molar-refractivity contribution in [3.8, 4) is 0 Å². The van der Waals surface area contributed by atoms with Crippen LogP contribution in [-0.2, 0) is 16.1 Å². The number of anilines is 1. The van der Waals surface area contributed by atoms with E-state index in [0.29, 0.717) is 17.8 Å². The van der Waals surface area contributed by atoms with Crippen molar-refractivity contribution in [2.45, 2.75) is 26.4 Å². The first-order chi connectivity index (χ1) is 13.4. The highest BCUT2D eigenvalue weighted by Gasteiger charge is 2.18. The van der Waals surface area contributed by atoms with E-state index < -0.39 is 17.9 Å². The summed E-state index contributed by atoms with van der Waals surface area (Å²) < 4.78 is 0. The SMILES string of the molecule is CC(C)[C@H](N)C(=O)NCC(=O)Nc1ccccc1C(=O)NCc1cccnc1. The van der Waals surface area contributed by atoms with Gasteiger partial charge in [-0.25, -0.2) is 0 Å². The standard InChI is InChI=1S/C20H25N5O3/c1-13(2)18(21)20(28)24-12-17(26)25-16-8-4-3-7-15(16)19(27)23-11-14-6-5-9-22-10-14/h3-10,13,18H,11-12,21H2,1-2H3,(H,23,27)(H,24,28)(H,25,26)/t18-/m0/s1. The van der Waals surface area contributed by atoms with Crippen molar-refractivity contribution in [2.24, 2.45) is 11.7 Å². The van der Waals surface area contributed by atoms with E-state index >= 15 is 0 Å². The number of carbonyl (C=O) groups excluding carboxylic acids is 3. The van der Waals surface area contributed by atoms with Crippen molar-refractivity contribution in [2.75, 3.05) is 11.9 Å². The first-order valence-corrected chi connectivity index (χ1v) is 8.97. The van der Waals surface area contributed by atoms with Crippen molar-refractivity contribution < 1.29 is 14.4 Å². The number of nitrogens with one attached hydrogen (secondary N) is 3. The summed E-state index contributed by atoms with van der Waals surface area (Å²) in [6, 6.07) is 9.61. The van der Waals surface area contributed by atoms with Gasteiger partial charge in [0.2, 0.25) is 11.8 Å². The van der Waals surface area contributed by atoms with E-state index in [1.807, 2.05) is 19.9 Å². The van der Waals surface area contributed by atoms with Gasteiger partial charge in [-0.3, -0.25) is 19.4 Å². The molecule has 0 unspecified atom stereocenters. The van der Waals surface area contributed by atoms with Crippen LogP contribution < -0.4 is 21.7 Å². The molecule has 2 rings (SSSR count). The van der Waals surface area contributed by atoms with Crippen LogP contribution in [0.5, 0.6) is 0 Å². The number of hydrogen-bond acceptors (Lipinski definition) is 5. The van der Waals surface area contributed by atoms with Crippen LogP contribution in [0.1, 0.15) is 29.8 Å². The van der Waals surface area contributed by atoms with Crippen molar-refractivity contribution in [3.63, 3.8) is 0 Å². The summed E-state index contributed by atoms with van der Waals surface area (Å²) in [5.41, 5.74) is 7.29. The van der Waals surface area contributed by atoms with E-state index in [1.165, 1.54) is 0 Å². The zero-order valence-corrected chi connectivity index (χ0v) is 15.9. The molecule has 0 aliphatic heterocycles. The maximum absolute atomic E-state index is 12.5. The lowest BCUT2D eigenvalue weighted by Crippen LogP contribution is -2.46. The third kappa shape index (κ3) is 6.17. The zero-order valence-electron chi connectivity index (χ0n) is 15.9. The van der Waals surface area contributed by atoms with Crippen molar-refractivity contribution in [3.05, 3.63) is 59.9 Å².